The molecule has 0 radical (unpaired) electrons. The zero-order chi connectivity index (χ0) is 16.6. The Hall–Kier alpha value is -1.06. The van der Waals surface area contributed by atoms with Crippen LogP contribution in [0, 0.1) is 5.92 Å². The fourth-order valence-corrected chi connectivity index (χ4v) is 3.83. The maximum atomic E-state index is 12.3. The predicted octanol–water partition coefficient (Wildman–Crippen LogP) is 0.446. The highest BCUT2D eigenvalue weighted by molar-refractivity contribution is 7.09. The van der Waals surface area contributed by atoms with E-state index < -0.39 is 6.10 Å². The van der Waals surface area contributed by atoms with Crippen molar-refractivity contribution in [1.29, 1.82) is 0 Å². The third-order valence-corrected chi connectivity index (χ3v) is 5.12. The molecule has 4 N–H and O–H groups in total. The van der Waals surface area contributed by atoms with E-state index in [4.69, 9.17) is 15.2 Å². The molecule has 2 aliphatic rings. The summed E-state index contributed by atoms with van der Waals surface area (Å²) in [5, 5.41) is 15.1. The highest BCUT2D eigenvalue weighted by atomic mass is 32.1. The predicted molar refractivity (Wildman–Crippen MR) is 85.2 cm³/mol. The van der Waals surface area contributed by atoms with Crippen LogP contribution in [0.15, 0.2) is 5.38 Å². The molecule has 3 rings (SSSR count). The minimum absolute atomic E-state index is 0.144. The molecule has 0 saturated carbocycles. The summed E-state index contributed by atoms with van der Waals surface area (Å²) >= 11 is 1.41. The lowest BCUT2D eigenvalue weighted by atomic mass is 10.1. The summed E-state index contributed by atoms with van der Waals surface area (Å²) in [5.41, 5.74) is 6.47. The number of hydrogen-bond donors (Lipinski definition) is 3. The van der Waals surface area contributed by atoms with Crippen LogP contribution < -0.4 is 11.1 Å². The number of thiazole rings is 1. The molecule has 5 atom stereocenters. The van der Waals surface area contributed by atoms with Crippen molar-refractivity contribution in [3.05, 3.63) is 16.1 Å². The number of amides is 1. The van der Waals surface area contributed by atoms with Gasteiger partial charge in [0.05, 0.1) is 25.3 Å². The maximum Gasteiger partial charge on any atom is 0.271 e. The van der Waals surface area contributed by atoms with Gasteiger partial charge >= 0.3 is 0 Å². The number of rotatable bonds is 5. The van der Waals surface area contributed by atoms with Crippen molar-refractivity contribution in [3.8, 4) is 0 Å². The summed E-state index contributed by atoms with van der Waals surface area (Å²) in [5.74, 6) is 0.216. The number of fused-ring (bicyclic) bond motifs is 1. The first kappa shape index (κ1) is 16.8. The van der Waals surface area contributed by atoms with Gasteiger partial charge in [-0.1, -0.05) is 13.8 Å². The van der Waals surface area contributed by atoms with E-state index in [-0.39, 0.29) is 36.8 Å². The van der Waals surface area contributed by atoms with E-state index in [1.54, 1.807) is 5.38 Å². The summed E-state index contributed by atoms with van der Waals surface area (Å²) in [6.45, 7) is 4.79. The molecule has 2 aliphatic heterocycles. The number of aliphatic hydroxyl groups is 1. The van der Waals surface area contributed by atoms with Gasteiger partial charge in [0.15, 0.2) is 0 Å². The van der Waals surface area contributed by atoms with Gasteiger partial charge in [-0.05, 0) is 12.3 Å². The van der Waals surface area contributed by atoms with Gasteiger partial charge in [-0.3, -0.25) is 4.79 Å². The van der Waals surface area contributed by atoms with Gasteiger partial charge in [-0.25, -0.2) is 4.98 Å². The van der Waals surface area contributed by atoms with Crippen LogP contribution in [-0.4, -0.2) is 53.6 Å². The average molecular weight is 341 g/mol. The van der Waals surface area contributed by atoms with Crippen molar-refractivity contribution in [2.24, 2.45) is 11.7 Å². The fraction of sp³-hybridized carbons (Fsp3) is 0.733. The van der Waals surface area contributed by atoms with Gasteiger partial charge in [0.2, 0.25) is 0 Å². The molecule has 0 spiro atoms. The van der Waals surface area contributed by atoms with E-state index in [0.29, 0.717) is 18.2 Å². The van der Waals surface area contributed by atoms with Gasteiger partial charge in [-0.15, -0.1) is 11.3 Å². The highest BCUT2D eigenvalue weighted by Gasteiger charge is 2.47. The number of ether oxygens (including phenoxy) is 2. The normalized spacial score (nSPS) is 31.3. The molecule has 3 heterocycles. The van der Waals surface area contributed by atoms with Crippen LogP contribution >= 0.6 is 11.3 Å². The number of hydrogen-bond acceptors (Lipinski definition) is 7. The van der Waals surface area contributed by atoms with Crippen molar-refractivity contribution < 1.29 is 19.4 Å². The topological polar surface area (TPSA) is 107 Å². The Balaban J connectivity index is 1.60. The van der Waals surface area contributed by atoms with Gasteiger partial charge < -0.3 is 25.6 Å². The molecule has 2 fully saturated rings. The Kier molecular flexibility index (Phi) is 4.98. The summed E-state index contributed by atoms with van der Waals surface area (Å²) in [6, 6.07) is -0.409. The Bertz CT molecular complexity index is 565. The molecule has 1 aromatic heterocycles. The number of nitrogens with zero attached hydrogens (tertiary/aromatic N) is 1. The number of aliphatic hydroxyl groups excluding tert-OH is 1. The lowest BCUT2D eigenvalue weighted by Gasteiger charge is -2.16. The zero-order valence-electron chi connectivity index (χ0n) is 13.3. The molecular weight excluding hydrogens is 318 g/mol. The van der Waals surface area contributed by atoms with Crippen LogP contribution in [0.5, 0.6) is 0 Å². The number of aromatic nitrogens is 1. The first-order valence-electron chi connectivity index (χ1n) is 7.89. The number of nitrogens with two attached hydrogens (primary N) is 1. The van der Waals surface area contributed by atoms with Crippen LogP contribution in [-0.2, 0) is 9.47 Å². The van der Waals surface area contributed by atoms with Gasteiger partial charge in [-0.2, -0.15) is 0 Å². The SMILES string of the molecule is CC(C)C[C@H](N)c1nc(C(=O)N[C@@H]2CO[C@H]3[C@@H]2OC[C@H]3O)cs1. The van der Waals surface area contributed by atoms with Crippen LogP contribution in [0.3, 0.4) is 0 Å². The molecule has 0 aromatic carbocycles. The monoisotopic (exact) mass is 341 g/mol. The van der Waals surface area contributed by atoms with E-state index in [1.165, 1.54) is 11.3 Å². The second kappa shape index (κ2) is 6.82. The van der Waals surface area contributed by atoms with E-state index in [1.807, 2.05) is 0 Å². The maximum absolute atomic E-state index is 12.3. The van der Waals surface area contributed by atoms with E-state index >= 15 is 0 Å². The number of carbonyl (C=O) groups excluding carboxylic acids is 1. The smallest absolute Gasteiger partial charge is 0.271 e. The number of nitrogens with one attached hydrogen (secondary N) is 1. The lowest BCUT2D eigenvalue weighted by Crippen LogP contribution is -2.44. The molecule has 1 amide bonds. The van der Waals surface area contributed by atoms with Crippen molar-refractivity contribution in [3.63, 3.8) is 0 Å². The molecule has 1 aromatic rings. The molecular formula is C15H23N3O4S. The summed E-state index contributed by atoms with van der Waals surface area (Å²) in [4.78, 5) is 16.7. The van der Waals surface area contributed by atoms with Crippen molar-refractivity contribution in [1.82, 2.24) is 10.3 Å². The largest absolute Gasteiger partial charge is 0.388 e. The third kappa shape index (κ3) is 3.56. The second-order valence-electron chi connectivity index (χ2n) is 6.55. The van der Waals surface area contributed by atoms with Crippen LogP contribution in [0.4, 0.5) is 0 Å². The summed E-state index contributed by atoms with van der Waals surface area (Å²) < 4.78 is 11.0. The quantitative estimate of drug-likeness (QED) is 0.718. The van der Waals surface area contributed by atoms with Gasteiger partial charge in [0.1, 0.15) is 29.0 Å². The Morgan fingerprint density at radius 2 is 2.22 bits per heavy atom. The Morgan fingerprint density at radius 3 is 2.96 bits per heavy atom. The Morgan fingerprint density at radius 1 is 1.48 bits per heavy atom. The van der Waals surface area contributed by atoms with Crippen molar-refractivity contribution in [2.45, 2.75) is 50.7 Å². The van der Waals surface area contributed by atoms with Crippen LogP contribution in [0.25, 0.3) is 0 Å². The summed E-state index contributed by atoms with van der Waals surface area (Å²) in [7, 11) is 0. The molecule has 23 heavy (non-hydrogen) atoms. The van der Waals surface area contributed by atoms with Crippen molar-refractivity contribution >= 4 is 17.2 Å². The van der Waals surface area contributed by atoms with E-state index in [0.717, 1.165) is 11.4 Å². The van der Waals surface area contributed by atoms with E-state index in [2.05, 4.69) is 24.1 Å². The third-order valence-electron chi connectivity index (χ3n) is 4.14. The first-order chi connectivity index (χ1) is 11.0. The number of carbonyl (C=O) groups is 1. The Labute approximate surface area is 139 Å². The molecule has 2 saturated heterocycles. The molecule has 0 unspecified atom stereocenters. The molecule has 8 heteroatoms. The fourth-order valence-electron chi connectivity index (χ4n) is 3.02. The standard InChI is InChI=1S/C15H23N3O4S/c1-7(2)3-8(16)15-18-10(6-23-15)14(20)17-9-4-21-13-11(19)5-22-12(9)13/h6-9,11-13,19H,3-5,16H2,1-2H3,(H,17,20)/t8-,9+,11+,12+,13+/m0/s1. The van der Waals surface area contributed by atoms with E-state index in [9.17, 15) is 9.90 Å². The lowest BCUT2D eigenvalue weighted by molar-refractivity contribution is 0.0178. The zero-order valence-corrected chi connectivity index (χ0v) is 14.1. The summed E-state index contributed by atoms with van der Waals surface area (Å²) in [6.07, 6.45) is -0.441. The average Bonchev–Trinajstić information content (AvgIpc) is 3.18. The molecule has 128 valence electrons. The first-order valence-corrected chi connectivity index (χ1v) is 8.76. The van der Waals surface area contributed by atoms with Gasteiger partial charge in [0.25, 0.3) is 5.91 Å². The molecule has 7 nitrogen and oxygen atoms in total. The van der Waals surface area contributed by atoms with Gasteiger partial charge in [0, 0.05) is 5.38 Å². The second-order valence-corrected chi connectivity index (χ2v) is 7.44. The van der Waals surface area contributed by atoms with Crippen molar-refractivity contribution in [2.75, 3.05) is 13.2 Å². The minimum atomic E-state index is -0.623. The molecule has 0 aliphatic carbocycles. The highest BCUT2D eigenvalue weighted by Crippen LogP contribution is 2.27. The van der Waals surface area contributed by atoms with Crippen LogP contribution in [0.2, 0.25) is 0 Å². The minimum Gasteiger partial charge on any atom is -0.388 e. The van der Waals surface area contributed by atoms with Crippen LogP contribution in [0.1, 0.15) is 41.8 Å². The molecule has 0 bridgehead atoms.